The highest BCUT2D eigenvalue weighted by Crippen LogP contribution is 2.27. The number of hydrogen-bond donors (Lipinski definition) is 4. The summed E-state index contributed by atoms with van der Waals surface area (Å²) < 4.78 is 36.5. The number of rotatable bonds is 3. The first-order chi connectivity index (χ1) is 8.19. The Morgan fingerprint density at radius 1 is 1.44 bits per heavy atom. The van der Waals surface area contributed by atoms with Crippen LogP contribution in [0.15, 0.2) is 18.2 Å². The molecule has 0 unspecified atom stereocenters. The molecule has 0 atom stereocenters. The van der Waals surface area contributed by atoms with Crippen LogP contribution in [0.2, 0.25) is 0 Å². The van der Waals surface area contributed by atoms with Gasteiger partial charge in [0.1, 0.15) is 5.75 Å². The SMILES string of the molecule is COc1cc([N+](=O)[O-])ccc1NN.O=S(=O)(O)O. The zero-order chi connectivity index (χ0) is 14.3. The number of hydrogen-bond acceptors (Lipinski definition) is 7. The third-order valence-corrected chi connectivity index (χ3v) is 1.55. The molecule has 0 heterocycles. The van der Waals surface area contributed by atoms with E-state index >= 15 is 0 Å². The second-order valence-electron chi connectivity index (χ2n) is 2.73. The summed E-state index contributed by atoms with van der Waals surface area (Å²) in [6.45, 7) is 0. The quantitative estimate of drug-likeness (QED) is 0.262. The number of nitro groups is 1. The smallest absolute Gasteiger partial charge is 0.394 e. The number of benzene rings is 1. The molecule has 0 saturated carbocycles. The molecule has 0 radical (unpaired) electrons. The third kappa shape index (κ3) is 6.59. The Morgan fingerprint density at radius 2 is 1.94 bits per heavy atom. The lowest BCUT2D eigenvalue weighted by molar-refractivity contribution is -0.384. The summed E-state index contributed by atoms with van der Waals surface area (Å²) in [6, 6.07) is 4.13. The summed E-state index contributed by atoms with van der Waals surface area (Å²) in [4.78, 5) is 9.87. The predicted molar refractivity (Wildman–Crippen MR) is 61.6 cm³/mol. The number of anilines is 1. The number of nitrogens with one attached hydrogen (secondary N) is 1. The molecule has 11 heteroatoms. The lowest BCUT2D eigenvalue weighted by Crippen LogP contribution is -2.08. The van der Waals surface area contributed by atoms with Crippen LogP contribution in [0.25, 0.3) is 0 Å². The van der Waals surface area contributed by atoms with Gasteiger partial charge < -0.3 is 10.2 Å². The van der Waals surface area contributed by atoms with Crippen molar-refractivity contribution in [3.63, 3.8) is 0 Å². The molecule has 18 heavy (non-hydrogen) atoms. The molecule has 102 valence electrons. The maximum atomic E-state index is 10.4. The number of hydrazine groups is 1. The second-order valence-corrected chi connectivity index (χ2v) is 3.63. The Balaban J connectivity index is 0.000000494. The first kappa shape index (κ1) is 16.1. The van der Waals surface area contributed by atoms with E-state index in [1.54, 1.807) is 0 Å². The van der Waals surface area contributed by atoms with E-state index in [9.17, 15) is 10.1 Å². The van der Waals surface area contributed by atoms with Gasteiger partial charge in [-0.3, -0.25) is 25.1 Å². The van der Waals surface area contributed by atoms with Crippen LogP contribution in [-0.2, 0) is 10.4 Å². The minimum atomic E-state index is -4.67. The highest BCUT2D eigenvalue weighted by atomic mass is 32.3. The standard InChI is InChI=1S/C7H9N3O3.H2O4S/c1-13-7-4-5(10(11)12)2-3-6(7)9-8;1-5(2,3)4/h2-4,9H,8H2,1H3;(H2,1,2,3,4). The summed E-state index contributed by atoms with van der Waals surface area (Å²) in [5, 5.41) is 10.4. The summed E-state index contributed by atoms with van der Waals surface area (Å²) in [7, 11) is -3.25. The van der Waals surface area contributed by atoms with E-state index in [1.807, 2.05) is 0 Å². The lowest BCUT2D eigenvalue weighted by atomic mass is 10.2. The van der Waals surface area contributed by atoms with Crippen molar-refractivity contribution in [3.8, 4) is 5.75 Å². The van der Waals surface area contributed by atoms with Crippen molar-refractivity contribution < 1.29 is 27.2 Å². The molecule has 0 aliphatic carbocycles. The minimum absolute atomic E-state index is 0.0316. The molecular weight excluding hydrogens is 270 g/mol. The van der Waals surface area contributed by atoms with Crippen molar-refractivity contribution in [2.24, 2.45) is 5.84 Å². The molecule has 0 fully saturated rings. The fourth-order valence-electron chi connectivity index (χ4n) is 0.913. The van der Waals surface area contributed by atoms with Crippen LogP contribution in [0.1, 0.15) is 0 Å². The minimum Gasteiger partial charge on any atom is -0.494 e. The van der Waals surface area contributed by atoms with Gasteiger partial charge in [0.15, 0.2) is 0 Å². The summed E-state index contributed by atoms with van der Waals surface area (Å²) in [6.07, 6.45) is 0. The number of non-ortho nitro benzene ring substituents is 1. The van der Waals surface area contributed by atoms with Crippen LogP contribution < -0.4 is 16.0 Å². The monoisotopic (exact) mass is 281 g/mol. The molecule has 0 aliphatic heterocycles. The van der Waals surface area contributed by atoms with Gasteiger partial charge in [0.25, 0.3) is 5.69 Å². The predicted octanol–water partition coefficient (Wildman–Crippen LogP) is 0.236. The number of ether oxygens (including phenoxy) is 1. The van der Waals surface area contributed by atoms with Crippen LogP contribution in [0.4, 0.5) is 11.4 Å². The van der Waals surface area contributed by atoms with Gasteiger partial charge in [0.05, 0.1) is 23.8 Å². The van der Waals surface area contributed by atoms with E-state index < -0.39 is 15.3 Å². The van der Waals surface area contributed by atoms with Gasteiger partial charge in [0.2, 0.25) is 0 Å². The third-order valence-electron chi connectivity index (χ3n) is 1.55. The first-order valence-corrected chi connectivity index (χ1v) is 5.57. The van der Waals surface area contributed by atoms with Gasteiger partial charge in [0, 0.05) is 6.07 Å². The van der Waals surface area contributed by atoms with E-state index in [0.717, 1.165) is 0 Å². The maximum Gasteiger partial charge on any atom is 0.394 e. The lowest BCUT2D eigenvalue weighted by Gasteiger charge is -2.06. The van der Waals surface area contributed by atoms with E-state index in [-0.39, 0.29) is 5.69 Å². The van der Waals surface area contributed by atoms with Crippen molar-refractivity contribution in [2.45, 2.75) is 0 Å². The Labute approximate surface area is 102 Å². The van der Waals surface area contributed by atoms with Gasteiger partial charge in [-0.05, 0) is 6.07 Å². The Bertz CT molecular complexity index is 508. The largest absolute Gasteiger partial charge is 0.494 e. The highest BCUT2D eigenvalue weighted by molar-refractivity contribution is 7.79. The molecule has 0 amide bonds. The topological polar surface area (TPSA) is 165 Å². The van der Waals surface area contributed by atoms with E-state index in [1.165, 1.54) is 25.3 Å². The molecule has 0 spiro atoms. The number of nitro benzene ring substituents is 1. The van der Waals surface area contributed by atoms with E-state index in [4.69, 9.17) is 28.1 Å². The summed E-state index contributed by atoms with van der Waals surface area (Å²) in [5.74, 6) is 5.50. The van der Waals surface area contributed by atoms with Crippen molar-refractivity contribution in [1.29, 1.82) is 0 Å². The fraction of sp³-hybridized carbons (Fsp3) is 0.143. The number of methoxy groups -OCH3 is 1. The number of nitrogens with two attached hydrogens (primary N) is 1. The highest BCUT2D eigenvalue weighted by Gasteiger charge is 2.09. The molecule has 0 aliphatic rings. The Morgan fingerprint density at radius 3 is 2.28 bits per heavy atom. The molecular formula is C7H11N3O7S. The van der Waals surface area contributed by atoms with Gasteiger partial charge >= 0.3 is 10.4 Å². The average molecular weight is 281 g/mol. The van der Waals surface area contributed by atoms with Crippen LogP contribution in [-0.4, -0.2) is 29.6 Å². The van der Waals surface area contributed by atoms with E-state index in [0.29, 0.717) is 11.4 Å². The number of nitrogen functional groups attached to an aromatic ring is 1. The maximum absolute atomic E-state index is 10.4. The van der Waals surface area contributed by atoms with Crippen molar-refractivity contribution in [1.82, 2.24) is 0 Å². The van der Waals surface area contributed by atoms with Crippen LogP contribution in [0.3, 0.4) is 0 Å². The van der Waals surface area contributed by atoms with E-state index in [2.05, 4.69) is 5.43 Å². The Hall–Kier alpha value is -1.95. The molecule has 1 aromatic rings. The van der Waals surface area contributed by atoms with Crippen LogP contribution in [0, 0.1) is 10.1 Å². The van der Waals surface area contributed by atoms with Crippen molar-refractivity contribution in [3.05, 3.63) is 28.3 Å². The first-order valence-electron chi connectivity index (χ1n) is 4.18. The average Bonchev–Trinajstić information content (AvgIpc) is 2.25. The zero-order valence-corrected chi connectivity index (χ0v) is 9.92. The van der Waals surface area contributed by atoms with Gasteiger partial charge in [-0.1, -0.05) is 0 Å². The normalized spacial score (nSPS) is 10.0. The molecule has 0 aromatic heterocycles. The molecule has 0 bridgehead atoms. The molecule has 1 aromatic carbocycles. The number of nitrogens with zero attached hydrogens (tertiary/aromatic N) is 1. The second kappa shape index (κ2) is 6.70. The van der Waals surface area contributed by atoms with Gasteiger partial charge in [-0.25, -0.2) is 0 Å². The van der Waals surface area contributed by atoms with Crippen molar-refractivity contribution >= 4 is 21.8 Å². The van der Waals surface area contributed by atoms with Gasteiger partial charge in [-0.2, -0.15) is 8.42 Å². The molecule has 10 nitrogen and oxygen atoms in total. The molecule has 0 saturated heterocycles. The van der Waals surface area contributed by atoms with Crippen LogP contribution in [0.5, 0.6) is 5.75 Å². The van der Waals surface area contributed by atoms with Gasteiger partial charge in [-0.15, -0.1) is 0 Å². The summed E-state index contributed by atoms with van der Waals surface area (Å²) in [5.41, 5.74) is 2.84. The summed E-state index contributed by atoms with van der Waals surface area (Å²) >= 11 is 0. The fourth-order valence-corrected chi connectivity index (χ4v) is 0.913. The Kier molecular flexibility index (Phi) is 5.98. The van der Waals surface area contributed by atoms with Crippen molar-refractivity contribution in [2.75, 3.05) is 12.5 Å². The molecule has 1 rings (SSSR count). The molecule has 5 N–H and O–H groups in total. The van der Waals surface area contributed by atoms with Crippen LogP contribution >= 0.6 is 0 Å². The zero-order valence-electron chi connectivity index (χ0n) is 9.10.